The van der Waals surface area contributed by atoms with E-state index in [1.54, 1.807) is 15.7 Å². The summed E-state index contributed by atoms with van der Waals surface area (Å²) in [6.07, 6.45) is 4.56. The highest BCUT2D eigenvalue weighted by Crippen LogP contribution is 2.28. The normalized spacial score (nSPS) is 34.2. The first-order chi connectivity index (χ1) is 9.50. The molecule has 6 nitrogen and oxygen atoms in total. The Bertz CT molecular complexity index is 415. The van der Waals surface area contributed by atoms with Gasteiger partial charge in [-0.2, -0.15) is 17.0 Å². The van der Waals surface area contributed by atoms with Crippen LogP contribution < -0.4 is 5.73 Å². The number of nitrogens with two attached hydrogens (primary N) is 1. The fourth-order valence-corrected chi connectivity index (χ4v) is 5.35. The monoisotopic (exact) mass is 305 g/mol. The standard InChI is InChI=1S/C13H27N3O3S/c1-11-5-3-4-7-15(11)20(17,18)16-8-6-13(19-2)9-12(16)10-14/h11-13H,3-10,14H2,1-2H3. The molecule has 7 heteroatoms. The highest BCUT2D eigenvalue weighted by molar-refractivity contribution is 7.86. The summed E-state index contributed by atoms with van der Waals surface area (Å²) in [5, 5.41) is 0. The average Bonchev–Trinajstić information content (AvgIpc) is 2.46. The molecule has 2 saturated heterocycles. The Labute approximate surface area is 122 Å². The number of hydrogen-bond donors (Lipinski definition) is 1. The molecule has 0 amide bonds. The molecule has 3 atom stereocenters. The van der Waals surface area contributed by atoms with Crippen LogP contribution >= 0.6 is 0 Å². The van der Waals surface area contributed by atoms with Crippen LogP contribution in [0.2, 0.25) is 0 Å². The predicted octanol–water partition coefficient (Wildman–Crippen LogP) is 0.544. The minimum absolute atomic E-state index is 0.0901. The van der Waals surface area contributed by atoms with Crippen molar-refractivity contribution in [3.05, 3.63) is 0 Å². The molecule has 0 aromatic heterocycles. The molecule has 2 fully saturated rings. The van der Waals surface area contributed by atoms with Gasteiger partial charge in [0.15, 0.2) is 0 Å². The molecule has 118 valence electrons. The second-order valence-corrected chi connectivity index (χ2v) is 7.68. The van der Waals surface area contributed by atoms with E-state index in [1.807, 2.05) is 6.92 Å². The van der Waals surface area contributed by atoms with Crippen molar-refractivity contribution in [3.63, 3.8) is 0 Å². The Balaban J connectivity index is 2.15. The van der Waals surface area contributed by atoms with Gasteiger partial charge in [-0.15, -0.1) is 0 Å². The van der Waals surface area contributed by atoms with E-state index in [9.17, 15) is 8.42 Å². The van der Waals surface area contributed by atoms with Gasteiger partial charge in [0.25, 0.3) is 10.2 Å². The summed E-state index contributed by atoms with van der Waals surface area (Å²) >= 11 is 0. The van der Waals surface area contributed by atoms with Crippen LogP contribution in [0.3, 0.4) is 0 Å². The molecule has 0 spiro atoms. The highest BCUT2D eigenvalue weighted by atomic mass is 32.2. The van der Waals surface area contributed by atoms with Crippen molar-refractivity contribution >= 4 is 10.2 Å². The van der Waals surface area contributed by atoms with Crippen LogP contribution in [0.4, 0.5) is 0 Å². The lowest BCUT2D eigenvalue weighted by atomic mass is 10.0. The first-order valence-electron chi connectivity index (χ1n) is 7.52. The molecule has 2 heterocycles. The molecule has 2 N–H and O–H groups in total. The first kappa shape index (κ1) is 16.2. The van der Waals surface area contributed by atoms with Crippen molar-refractivity contribution in [2.75, 3.05) is 26.7 Å². The lowest BCUT2D eigenvalue weighted by Crippen LogP contribution is -2.57. The maximum Gasteiger partial charge on any atom is 0.282 e. The van der Waals surface area contributed by atoms with E-state index in [0.717, 1.165) is 25.7 Å². The molecule has 2 aliphatic rings. The molecule has 20 heavy (non-hydrogen) atoms. The Morgan fingerprint density at radius 1 is 1.20 bits per heavy atom. The number of hydrogen-bond acceptors (Lipinski definition) is 4. The van der Waals surface area contributed by atoms with Crippen molar-refractivity contribution in [2.24, 2.45) is 5.73 Å². The fraction of sp³-hybridized carbons (Fsp3) is 1.00. The van der Waals surface area contributed by atoms with Crippen LogP contribution in [0.15, 0.2) is 0 Å². The van der Waals surface area contributed by atoms with Gasteiger partial charge in [-0.05, 0) is 32.6 Å². The highest BCUT2D eigenvalue weighted by Gasteiger charge is 2.40. The third-order valence-corrected chi connectivity index (χ3v) is 6.76. The van der Waals surface area contributed by atoms with Crippen molar-refractivity contribution < 1.29 is 13.2 Å². The molecule has 0 aromatic carbocycles. The van der Waals surface area contributed by atoms with Gasteiger partial charge in [0.05, 0.1) is 6.10 Å². The van der Waals surface area contributed by atoms with Crippen LogP contribution in [-0.4, -0.2) is 62.0 Å². The van der Waals surface area contributed by atoms with Gasteiger partial charge in [0.2, 0.25) is 0 Å². The predicted molar refractivity (Wildman–Crippen MR) is 78.5 cm³/mol. The molecule has 2 rings (SSSR count). The molecule has 0 radical (unpaired) electrons. The van der Waals surface area contributed by atoms with E-state index in [2.05, 4.69) is 0 Å². The van der Waals surface area contributed by atoms with Crippen molar-refractivity contribution in [1.29, 1.82) is 0 Å². The third-order valence-electron chi connectivity index (χ3n) is 4.55. The van der Waals surface area contributed by atoms with Crippen LogP contribution in [0, 0.1) is 0 Å². The van der Waals surface area contributed by atoms with E-state index in [-0.39, 0.29) is 18.2 Å². The third kappa shape index (κ3) is 3.17. The van der Waals surface area contributed by atoms with Crippen LogP contribution in [-0.2, 0) is 14.9 Å². The maximum absolute atomic E-state index is 12.9. The Kier molecular flexibility index (Phi) is 5.42. The van der Waals surface area contributed by atoms with Gasteiger partial charge >= 0.3 is 0 Å². The first-order valence-corrected chi connectivity index (χ1v) is 8.92. The summed E-state index contributed by atoms with van der Waals surface area (Å²) in [7, 11) is -1.72. The number of methoxy groups -OCH3 is 1. The fourth-order valence-electron chi connectivity index (χ4n) is 3.27. The number of ether oxygens (including phenoxy) is 1. The lowest BCUT2D eigenvalue weighted by molar-refractivity contribution is 0.0375. The van der Waals surface area contributed by atoms with Gasteiger partial charge in [-0.1, -0.05) is 6.42 Å². The number of rotatable bonds is 4. The Hall–Kier alpha value is -0.210. The average molecular weight is 305 g/mol. The van der Waals surface area contributed by atoms with Crippen molar-refractivity contribution in [3.8, 4) is 0 Å². The zero-order chi connectivity index (χ0) is 14.8. The molecule has 0 aliphatic carbocycles. The summed E-state index contributed by atoms with van der Waals surface area (Å²) in [4.78, 5) is 0. The lowest BCUT2D eigenvalue weighted by Gasteiger charge is -2.42. The minimum atomic E-state index is -3.40. The zero-order valence-electron chi connectivity index (χ0n) is 12.5. The summed E-state index contributed by atoms with van der Waals surface area (Å²) < 4.78 is 34.4. The zero-order valence-corrected chi connectivity index (χ0v) is 13.3. The number of nitrogens with zero attached hydrogens (tertiary/aromatic N) is 2. The van der Waals surface area contributed by atoms with E-state index in [0.29, 0.717) is 26.1 Å². The number of piperidine rings is 2. The molecule has 0 aromatic rings. The van der Waals surface area contributed by atoms with Crippen LogP contribution in [0.5, 0.6) is 0 Å². The molecule has 0 bridgehead atoms. The van der Waals surface area contributed by atoms with E-state index in [4.69, 9.17) is 10.5 Å². The smallest absolute Gasteiger partial charge is 0.282 e. The summed E-state index contributed by atoms with van der Waals surface area (Å²) in [6.45, 7) is 3.48. The Morgan fingerprint density at radius 2 is 1.95 bits per heavy atom. The summed E-state index contributed by atoms with van der Waals surface area (Å²) in [5.41, 5.74) is 5.79. The molecule has 2 aliphatic heterocycles. The van der Waals surface area contributed by atoms with Gasteiger partial charge in [0, 0.05) is 38.8 Å². The molecule has 0 saturated carbocycles. The molecular weight excluding hydrogens is 278 g/mol. The van der Waals surface area contributed by atoms with Gasteiger partial charge in [-0.25, -0.2) is 0 Å². The van der Waals surface area contributed by atoms with E-state index in [1.165, 1.54) is 0 Å². The maximum atomic E-state index is 12.9. The SMILES string of the molecule is COC1CCN(S(=O)(=O)N2CCCCC2C)C(CN)C1. The second-order valence-electron chi connectivity index (χ2n) is 5.85. The van der Waals surface area contributed by atoms with Gasteiger partial charge < -0.3 is 10.5 Å². The van der Waals surface area contributed by atoms with Gasteiger partial charge in [-0.3, -0.25) is 0 Å². The van der Waals surface area contributed by atoms with Crippen LogP contribution in [0.1, 0.15) is 39.0 Å². The van der Waals surface area contributed by atoms with E-state index >= 15 is 0 Å². The summed E-state index contributed by atoms with van der Waals surface area (Å²) in [5.74, 6) is 0. The topological polar surface area (TPSA) is 75.9 Å². The van der Waals surface area contributed by atoms with E-state index < -0.39 is 10.2 Å². The quantitative estimate of drug-likeness (QED) is 0.823. The van der Waals surface area contributed by atoms with Crippen molar-refractivity contribution in [2.45, 2.75) is 57.2 Å². The largest absolute Gasteiger partial charge is 0.381 e. The van der Waals surface area contributed by atoms with Crippen molar-refractivity contribution in [1.82, 2.24) is 8.61 Å². The van der Waals surface area contributed by atoms with Gasteiger partial charge in [0.1, 0.15) is 0 Å². The van der Waals surface area contributed by atoms with Crippen LogP contribution in [0.25, 0.3) is 0 Å². The molecular formula is C13H27N3O3S. The minimum Gasteiger partial charge on any atom is -0.381 e. The summed E-state index contributed by atoms with van der Waals surface area (Å²) in [6, 6.07) is -0.0554. The second kappa shape index (κ2) is 6.70. The Morgan fingerprint density at radius 3 is 2.55 bits per heavy atom. The molecule has 3 unspecified atom stereocenters.